The lowest BCUT2D eigenvalue weighted by atomic mass is 9.95. The first kappa shape index (κ1) is 21.8. The number of aliphatic hydroxyl groups excluding tert-OH is 1. The maximum atomic E-state index is 12.8. The van der Waals surface area contributed by atoms with Crippen molar-refractivity contribution >= 4 is 11.8 Å². The zero-order valence-electron chi connectivity index (χ0n) is 17.3. The highest BCUT2D eigenvalue weighted by Gasteiger charge is 2.48. The standard InChI is InChI=1S/C22H22N4O6/c1-30-14-8-6-13(7-9-14)10-31-12-18-19(24-25-23)20(27)17(11-32-18)26-21(28)15-4-2-3-5-16(15)22(26)29/h2-9,17-20,27H,10-12H2,1H3/t17?,18?,19-,20-/m1/s1. The Kier molecular flexibility index (Phi) is 6.38. The zero-order chi connectivity index (χ0) is 22.7. The van der Waals surface area contributed by atoms with Crippen LogP contribution in [-0.2, 0) is 16.1 Å². The number of benzene rings is 2. The van der Waals surface area contributed by atoms with Crippen molar-refractivity contribution in [3.63, 3.8) is 0 Å². The van der Waals surface area contributed by atoms with E-state index >= 15 is 0 Å². The Morgan fingerprint density at radius 3 is 2.41 bits per heavy atom. The molecule has 2 aliphatic heterocycles. The average Bonchev–Trinajstić information content (AvgIpc) is 3.07. The third-order valence-electron chi connectivity index (χ3n) is 5.66. The predicted octanol–water partition coefficient (Wildman–Crippen LogP) is 2.32. The first-order valence-corrected chi connectivity index (χ1v) is 10.1. The van der Waals surface area contributed by atoms with Crippen LogP contribution in [-0.4, -0.2) is 66.4 Å². The Morgan fingerprint density at radius 1 is 1.16 bits per heavy atom. The Hall–Kier alpha value is -3.43. The summed E-state index contributed by atoms with van der Waals surface area (Å²) in [5.74, 6) is -0.283. The molecule has 10 heteroatoms. The highest BCUT2D eigenvalue weighted by molar-refractivity contribution is 6.21. The van der Waals surface area contributed by atoms with E-state index in [1.54, 1.807) is 31.4 Å². The van der Waals surface area contributed by atoms with Crippen molar-refractivity contribution in [3.05, 3.63) is 75.7 Å². The molecule has 4 rings (SSSR count). The minimum atomic E-state index is -1.29. The van der Waals surface area contributed by atoms with Gasteiger partial charge in [0.15, 0.2) is 0 Å². The smallest absolute Gasteiger partial charge is 0.261 e. The van der Waals surface area contributed by atoms with Crippen molar-refractivity contribution in [2.75, 3.05) is 20.3 Å². The molecule has 0 bridgehead atoms. The summed E-state index contributed by atoms with van der Waals surface area (Å²) in [7, 11) is 1.59. The van der Waals surface area contributed by atoms with Crippen molar-refractivity contribution in [1.82, 2.24) is 4.90 Å². The Morgan fingerprint density at radius 2 is 1.81 bits per heavy atom. The topological polar surface area (TPSA) is 134 Å². The summed E-state index contributed by atoms with van der Waals surface area (Å²) < 4.78 is 16.6. The minimum absolute atomic E-state index is 0.0572. The number of imide groups is 1. The number of carbonyl (C=O) groups is 2. The van der Waals surface area contributed by atoms with Gasteiger partial charge in [-0.1, -0.05) is 29.4 Å². The lowest BCUT2D eigenvalue weighted by Gasteiger charge is -2.41. The van der Waals surface area contributed by atoms with Crippen LogP contribution < -0.4 is 4.74 Å². The molecule has 0 aliphatic carbocycles. The number of carbonyl (C=O) groups excluding carboxylic acids is 2. The minimum Gasteiger partial charge on any atom is -0.497 e. The van der Waals surface area contributed by atoms with Gasteiger partial charge in [-0.2, -0.15) is 0 Å². The van der Waals surface area contributed by atoms with Crippen molar-refractivity contribution in [1.29, 1.82) is 0 Å². The molecule has 2 aliphatic rings. The number of rotatable bonds is 7. The summed E-state index contributed by atoms with van der Waals surface area (Å²) in [5.41, 5.74) is 10.5. The number of azide groups is 1. The van der Waals surface area contributed by atoms with Crippen LogP contribution in [0.25, 0.3) is 10.4 Å². The predicted molar refractivity (Wildman–Crippen MR) is 112 cm³/mol. The van der Waals surface area contributed by atoms with Crippen LogP contribution >= 0.6 is 0 Å². The zero-order valence-corrected chi connectivity index (χ0v) is 17.3. The highest BCUT2D eigenvalue weighted by atomic mass is 16.5. The maximum absolute atomic E-state index is 12.8. The van der Waals surface area contributed by atoms with Crippen LogP contribution in [0.2, 0.25) is 0 Å². The van der Waals surface area contributed by atoms with Crippen LogP contribution in [0.5, 0.6) is 5.75 Å². The van der Waals surface area contributed by atoms with Gasteiger partial charge in [0.1, 0.15) is 5.75 Å². The second-order valence-corrected chi connectivity index (χ2v) is 7.51. The number of aliphatic hydroxyl groups is 1. The third kappa shape index (κ3) is 4.04. The SMILES string of the molecule is COc1ccc(COCC2OCC(N3C(=O)c4ccccc4C3=O)[C@@H](O)[C@@H]2N=[N+]=[N-])cc1. The number of hydrogen-bond donors (Lipinski definition) is 1. The van der Waals surface area contributed by atoms with Crippen molar-refractivity contribution < 1.29 is 28.9 Å². The molecule has 10 nitrogen and oxygen atoms in total. The van der Waals surface area contributed by atoms with E-state index in [9.17, 15) is 14.7 Å². The van der Waals surface area contributed by atoms with Crippen LogP contribution in [0.4, 0.5) is 0 Å². The van der Waals surface area contributed by atoms with Gasteiger partial charge >= 0.3 is 0 Å². The molecule has 2 aromatic carbocycles. The summed E-state index contributed by atoms with van der Waals surface area (Å²) >= 11 is 0. The summed E-state index contributed by atoms with van der Waals surface area (Å²) in [6, 6.07) is 11.8. The van der Waals surface area contributed by atoms with Crippen molar-refractivity contribution in [2.45, 2.75) is 30.9 Å². The normalized spacial score (nSPS) is 24.8. The fraction of sp³-hybridized carbons (Fsp3) is 0.364. The molecular weight excluding hydrogens is 416 g/mol. The van der Waals surface area contributed by atoms with Gasteiger partial charge in [0.05, 0.1) is 62.3 Å². The van der Waals surface area contributed by atoms with Crippen LogP contribution in [0, 0.1) is 0 Å². The fourth-order valence-corrected chi connectivity index (χ4v) is 3.97. The quantitative estimate of drug-likeness (QED) is 0.305. The molecule has 4 atom stereocenters. The van der Waals surface area contributed by atoms with Gasteiger partial charge in [-0.25, -0.2) is 0 Å². The number of ether oxygens (including phenoxy) is 3. The van der Waals surface area contributed by atoms with E-state index < -0.39 is 36.1 Å². The third-order valence-corrected chi connectivity index (χ3v) is 5.66. The van der Waals surface area contributed by atoms with E-state index in [-0.39, 0.29) is 30.9 Å². The van der Waals surface area contributed by atoms with Gasteiger partial charge in [-0.3, -0.25) is 14.5 Å². The highest BCUT2D eigenvalue weighted by Crippen LogP contribution is 2.30. The largest absolute Gasteiger partial charge is 0.497 e. The second-order valence-electron chi connectivity index (χ2n) is 7.51. The molecular formula is C22H22N4O6. The van der Waals surface area contributed by atoms with Crippen molar-refractivity contribution in [3.8, 4) is 5.75 Å². The fourth-order valence-electron chi connectivity index (χ4n) is 3.97. The summed E-state index contributed by atoms with van der Waals surface area (Å²) in [6.45, 7) is 0.243. The van der Waals surface area contributed by atoms with Crippen LogP contribution in [0.15, 0.2) is 53.6 Å². The number of methoxy groups -OCH3 is 1. The van der Waals surface area contributed by atoms with Gasteiger partial charge in [0.25, 0.3) is 11.8 Å². The van der Waals surface area contributed by atoms with Gasteiger partial charge in [0, 0.05) is 4.91 Å². The summed E-state index contributed by atoms with van der Waals surface area (Å²) in [4.78, 5) is 29.3. The van der Waals surface area contributed by atoms with Crippen molar-refractivity contribution in [2.24, 2.45) is 5.11 Å². The number of fused-ring (bicyclic) bond motifs is 1. The van der Waals surface area contributed by atoms with E-state index in [0.717, 1.165) is 16.2 Å². The first-order chi connectivity index (χ1) is 15.5. The molecule has 0 radical (unpaired) electrons. The summed E-state index contributed by atoms with van der Waals surface area (Å²) in [5, 5.41) is 14.6. The maximum Gasteiger partial charge on any atom is 0.261 e. The van der Waals surface area contributed by atoms with E-state index in [1.807, 2.05) is 24.3 Å². The Labute approximate surface area is 183 Å². The van der Waals surface area contributed by atoms with E-state index in [0.29, 0.717) is 0 Å². The van der Waals surface area contributed by atoms with Gasteiger partial charge < -0.3 is 19.3 Å². The van der Waals surface area contributed by atoms with E-state index in [4.69, 9.17) is 19.7 Å². The number of nitrogens with zero attached hydrogens (tertiary/aromatic N) is 4. The Bertz CT molecular complexity index is 1020. The number of hydrogen-bond acceptors (Lipinski definition) is 7. The average molecular weight is 438 g/mol. The molecule has 166 valence electrons. The summed E-state index contributed by atoms with van der Waals surface area (Å²) in [6.07, 6.45) is -2.03. The van der Waals surface area contributed by atoms with E-state index in [1.165, 1.54) is 0 Å². The number of amides is 2. The molecule has 2 unspecified atom stereocenters. The lowest BCUT2D eigenvalue weighted by molar-refractivity contribution is -0.122. The van der Waals surface area contributed by atoms with E-state index in [2.05, 4.69) is 10.0 Å². The molecule has 32 heavy (non-hydrogen) atoms. The molecule has 1 N–H and O–H groups in total. The molecule has 2 amide bonds. The molecule has 0 spiro atoms. The first-order valence-electron chi connectivity index (χ1n) is 10.1. The Balaban J connectivity index is 1.43. The molecule has 1 saturated heterocycles. The molecule has 0 saturated carbocycles. The van der Waals surface area contributed by atoms with Gasteiger partial charge in [-0.15, -0.1) is 0 Å². The molecule has 2 heterocycles. The van der Waals surface area contributed by atoms with Crippen LogP contribution in [0.1, 0.15) is 26.3 Å². The van der Waals surface area contributed by atoms with Gasteiger partial charge in [0.2, 0.25) is 0 Å². The lowest BCUT2D eigenvalue weighted by Crippen LogP contribution is -2.60. The second kappa shape index (κ2) is 9.37. The molecule has 1 fully saturated rings. The van der Waals surface area contributed by atoms with Gasteiger partial charge in [-0.05, 0) is 35.4 Å². The molecule has 0 aromatic heterocycles. The van der Waals surface area contributed by atoms with Crippen LogP contribution in [0.3, 0.4) is 0 Å². The monoisotopic (exact) mass is 438 g/mol. The molecule has 2 aromatic rings.